The number of anilines is 1. The second-order valence-corrected chi connectivity index (χ2v) is 7.38. The van der Waals surface area contributed by atoms with Gasteiger partial charge in [0.1, 0.15) is 16.6 Å². The number of aromatic nitrogens is 2. The zero-order chi connectivity index (χ0) is 21.3. The molecule has 0 radical (unpaired) electrons. The van der Waals surface area contributed by atoms with E-state index in [9.17, 15) is 28.6 Å². The number of carboxylic acids is 1. The minimum Gasteiger partial charge on any atom is -0.545 e. The summed E-state index contributed by atoms with van der Waals surface area (Å²) in [6, 6.07) is 6.06. The number of nitrogen functional groups attached to an aromatic ring is 1. The van der Waals surface area contributed by atoms with Crippen LogP contribution in [-0.2, 0) is 13.0 Å². The van der Waals surface area contributed by atoms with Crippen molar-refractivity contribution in [3.05, 3.63) is 52.7 Å². The SMILES string of the molecule is CCn1cc(C(=O)C(F)(F)Cc2cnc(-c3ccc(O)cc3)s2)c(C(=O)[O-])c1N.[K+]. The summed E-state index contributed by atoms with van der Waals surface area (Å²) < 4.78 is 30.5. The van der Waals surface area contributed by atoms with E-state index in [1.165, 1.54) is 22.9 Å². The van der Waals surface area contributed by atoms with E-state index < -0.39 is 35.2 Å². The average Bonchev–Trinajstić information content (AvgIpc) is 3.25. The topological polar surface area (TPSA) is 121 Å². The molecule has 30 heavy (non-hydrogen) atoms. The van der Waals surface area contributed by atoms with Gasteiger partial charge in [-0.3, -0.25) is 4.79 Å². The fourth-order valence-electron chi connectivity index (χ4n) is 2.84. The Morgan fingerprint density at radius 3 is 2.50 bits per heavy atom. The van der Waals surface area contributed by atoms with Crippen LogP contribution in [0.25, 0.3) is 10.6 Å². The molecule has 1 aromatic carbocycles. The van der Waals surface area contributed by atoms with Crippen molar-refractivity contribution in [1.82, 2.24) is 9.55 Å². The molecule has 2 aromatic heterocycles. The van der Waals surface area contributed by atoms with Crippen LogP contribution in [0.2, 0.25) is 0 Å². The number of hydrogen-bond donors (Lipinski definition) is 2. The van der Waals surface area contributed by atoms with Crippen molar-refractivity contribution in [1.29, 1.82) is 0 Å². The summed E-state index contributed by atoms with van der Waals surface area (Å²) in [5, 5.41) is 21.1. The number of nitrogens with zero attached hydrogens (tertiary/aromatic N) is 2. The maximum Gasteiger partial charge on any atom is 1.00 e. The normalized spacial score (nSPS) is 11.2. The number of aromatic hydroxyl groups is 1. The molecule has 0 fully saturated rings. The van der Waals surface area contributed by atoms with E-state index in [0.717, 1.165) is 17.5 Å². The number of aryl methyl sites for hydroxylation is 1. The first kappa shape index (κ1) is 24.6. The second kappa shape index (κ2) is 9.67. The van der Waals surface area contributed by atoms with Gasteiger partial charge in [0, 0.05) is 29.4 Å². The Morgan fingerprint density at radius 2 is 1.93 bits per heavy atom. The molecule has 0 aliphatic carbocycles. The Labute approximate surface area is 217 Å². The van der Waals surface area contributed by atoms with Crippen molar-refractivity contribution in [3.8, 4) is 16.3 Å². The van der Waals surface area contributed by atoms with E-state index in [2.05, 4.69) is 4.98 Å². The maximum atomic E-state index is 14.7. The van der Waals surface area contributed by atoms with Gasteiger partial charge < -0.3 is 25.3 Å². The molecule has 0 unspecified atom stereocenters. The predicted molar refractivity (Wildman–Crippen MR) is 101 cm³/mol. The summed E-state index contributed by atoms with van der Waals surface area (Å²) in [6.07, 6.45) is 1.30. The number of carbonyl (C=O) groups excluding carboxylic acids is 2. The summed E-state index contributed by atoms with van der Waals surface area (Å²) in [6.45, 7) is 1.83. The van der Waals surface area contributed by atoms with Crippen LogP contribution in [0.1, 0.15) is 32.5 Å². The summed E-state index contributed by atoms with van der Waals surface area (Å²) in [5.41, 5.74) is 4.86. The van der Waals surface area contributed by atoms with Crippen LogP contribution in [0.3, 0.4) is 0 Å². The Bertz CT molecular complexity index is 1080. The smallest absolute Gasteiger partial charge is 0.545 e. The van der Waals surface area contributed by atoms with Crippen molar-refractivity contribution >= 4 is 28.9 Å². The first-order chi connectivity index (χ1) is 13.6. The van der Waals surface area contributed by atoms with Gasteiger partial charge in [-0.05, 0) is 31.2 Å². The molecule has 2 heterocycles. The van der Waals surface area contributed by atoms with E-state index in [1.54, 1.807) is 19.1 Å². The van der Waals surface area contributed by atoms with Crippen LogP contribution in [0, 0.1) is 0 Å². The van der Waals surface area contributed by atoms with Crippen LogP contribution < -0.4 is 62.2 Å². The predicted octanol–water partition coefficient (Wildman–Crippen LogP) is -0.652. The number of ketones is 1. The molecule has 0 aliphatic heterocycles. The Balaban J connectivity index is 0.00000320. The standard InChI is InChI=1S/C19H17F2N3O4S.K/c1-2-24-9-13(14(16(24)22)18(27)28)15(26)19(20,21)7-12-8-23-17(29-12)10-3-5-11(25)6-4-10;/h3-6,8-9,25H,2,7,22H2,1H3,(H,27,28);/q;+1/p-1. The molecule has 0 saturated heterocycles. The van der Waals surface area contributed by atoms with Crippen LogP contribution in [0.4, 0.5) is 14.6 Å². The monoisotopic (exact) mass is 459 g/mol. The molecule has 11 heteroatoms. The molecule has 3 aromatic rings. The zero-order valence-corrected chi connectivity index (χ0v) is 20.1. The van der Waals surface area contributed by atoms with Gasteiger partial charge in [-0.2, -0.15) is 8.78 Å². The number of hydrogen-bond acceptors (Lipinski definition) is 7. The number of aromatic carboxylic acids is 1. The van der Waals surface area contributed by atoms with E-state index in [1.807, 2.05) is 0 Å². The molecule has 0 amide bonds. The molecule has 3 rings (SSSR count). The second-order valence-electron chi connectivity index (χ2n) is 6.27. The zero-order valence-electron chi connectivity index (χ0n) is 16.2. The summed E-state index contributed by atoms with van der Waals surface area (Å²) in [4.78, 5) is 28.0. The van der Waals surface area contributed by atoms with Crippen molar-refractivity contribution in [2.45, 2.75) is 25.8 Å². The number of benzene rings is 1. The number of phenolic OH excluding ortho intramolecular Hbond substituents is 1. The van der Waals surface area contributed by atoms with Crippen LogP contribution in [0.15, 0.2) is 36.7 Å². The number of rotatable bonds is 7. The van der Waals surface area contributed by atoms with Gasteiger partial charge in [0.05, 0.1) is 23.5 Å². The summed E-state index contributed by atoms with van der Waals surface area (Å²) in [5.74, 6) is -7.55. The molecule has 0 saturated carbocycles. The van der Waals surface area contributed by atoms with E-state index in [0.29, 0.717) is 10.6 Å². The number of halogens is 2. The van der Waals surface area contributed by atoms with Crippen LogP contribution >= 0.6 is 11.3 Å². The third kappa shape index (κ3) is 4.98. The first-order valence-electron chi connectivity index (χ1n) is 8.50. The molecular formula is C19H16F2KN3O4S. The van der Waals surface area contributed by atoms with Gasteiger partial charge in [0.15, 0.2) is 0 Å². The molecule has 0 bridgehead atoms. The Hall–Kier alpha value is -1.63. The molecular weight excluding hydrogens is 443 g/mol. The molecule has 3 N–H and O–H groups in total. The molecule has 0 spiro atoms. The minimum absolute atomic E-state index is 0. The Morgan fingerprint density at radius 1 is 1.30 bits per heavy atom. The number of nitrogens with two attached hydrogens (primary N) is 1. The van der Waals surface area contributed by atoms with Gasteiger partial charge in [0.2, 0.25) is 5.78 Å². The van der Waals surface area contributed by atoms with E-state index in [4.69, 9.17) is 5.73 Å². The number of Topliss-reactive ketones (excluding diaryl/α,β-unsaturated/α-hetero) is 1. The largest absolute Gasteiger partial charge is 1.00 e. The van der Waals surface area contributed by atoms with Gasteiger partial charge in [-0.15, -0.1) is 11.3 Å². The third-order valence-electron chi connectivity index (χ3n) is 4.31. The Kier molecular flexibility index (Phi) is 7.94. The number of alkyl halides is 2. The molecule has 0 aliphatic rings. The average molecular weight is 460 g/mol. The van der Waals surface area contributed by atoms with Crippen molar-refractivity contribution in [2.75, 3.05) is 5.73 Å². The van der Waals surface area contributed by atoms with E-state index in [-0.39, 0.29) is 74.4 Å². The molecule has 0 atom stereocenters. The van der Waals surface area contributed by atoms with Crippen molar-refractivity contribution in [3.63, 3.8) is 0 Å². The van der Waals surface area contributed by atoms with Gasteiger partial charge >= 0.3 is 57.3 Å². The van der Waals surface area contributed by atoms with Gasteiger partial charge in [-0.1, -0.05) is 0 Å². The number of carboxylic acid groups (broad SMARTS) is 1. The van der Waals surface area contributed by atoms with Crippen molar-refractivity contribution in [2.24, 2.45) is 0 Å². The summed E-state index contributed by atoms with van der Waals surface area (Å²) >= 11 is 0.971. The van der Waals surface area contributed by atoms with Gasteiger partial charge in [0.25, 0.3) is 0 Å². The number of phenols is 1. The van der Waals surface area contributed by atoms with Crippen LogP contribution in [-0.4, -0.2) is 32.3 Å². The van der Waals surface area contributed by atoms with Crippen LogP contribution in [0.5, 0.6) is 5.75 Å². The van der Waals surface area contributed by atoms with Gasteiger partial charge in [-0.25, -0.2) is 4.98 Å². The molecule has 152 valence electrons. The quantitative estimate of drug-likeness (QED) is 0.358. The van der Waals surface area contributed by atoms with Crippen molar-refractivity contribution < 1.29 is 80.0 Å². The molecule has 7 nitrogen and oxygen atoms in total. The fourth-order valence-corrected chi connectivity index (χ4v) is 3.81. The fraction of sp³-hybridized carbons (Fsp3) is 0.211. The van der Waals surface area contributed by atoms with E-state index >= 15 is 0 Å². The first-order valence-corrected chi connectivity index (χ1v) is 9.32. The number of thiazole rings is 1. The third-order valence-corrected chi connectivity index (χ3v) is 5.35. The number of carbonyl (C=O) groups is 2. The maximum absolute atomic E-state index is 14.7. The minimum atomic E-state index is -3.87. The summed E-state index contributed by atoms with van der Waals surface area (Å²) in [7, 11) is 0.